The highest BCUT2D eigenvalue weighted by molar-refractivity contribution is 5.90. The first-order valence-electron chi connectivity index (χ1n) is 9.09. The highest BCUT2D eigenvalue weighted by Gasteiger charge is 2.12. The first kappa shape index (κ1) is 19.0. The van der Waals surface area contributed by atoms with Gasteiger partial charge in [-0.1, -0.05) is 50.5 Å². The minimum absolute atomic E-state index is 0.0365. The lowest BCUT2D eigenvalue weighted by Gasteiger charge is -2.13. The van der Waals surface area contributed by atoms with Gasteiger partial charge in [-0.05, 0) is 55.2 Å². The molecule has 3 heteroatoms. The van der Waals surface area contributed by atoms with Gasteiger partial charge in [0.2, 0.25) is 0 Å². The third-order valence-corrected chi connectivity index (χ3v) is 4.32. The van der Waals surface area contributed by atoms with E-state index in [1.165, 1.54) is 19.3 Å². The summed E-state index contributed by atoms with van der Waals surface area (Å²) >= 11 is 0. The molecule has 0 N–H and O–H groups in total. The van der Waals surface area contributed by atoms with E-state index in [2.05, 4.69) is 6.92 Å². The fourth-order valence-corrected chi connectivity index (χ4v) is 2.75. The summed E-state index contributed by atoms with van der Waals surface area (Å²) in [6.45, 7) is 4.16. The Labute approximate surface area is 151 Å². The number of ether oxygens (including phenoxy) is 2. The van der Waals surface area contributed by atoms with Crippen molar-refractivity contribution in [2.24, 2.45) is 0 Å². The van der Waals surface area contributed by atoms with Crippen LogP contribution in [0.15, 0.2) is 48.5 Å². The second-order valence-electron chi connectivity index (χ2n) is 6.37. The molecule has 0 heterocycles. The maximum atomic E-state index is 12.2. The lowest BCUT2D eigenvalue weighted by Crippen LogP contribution is -2.15. The van der Waals surface area contributed by atoms with Crippen molar-refractivity contribution in [1.82, 2.24) is 0 Å². The van der Waals surface area contributed by atoms with Crippen LogP contribution in [0.2, 0.25) is 0 Å². The molecule has 0 fully saturated rings. The zero-order valence-corrected chi connectivity index (χ0v) is 15.5. The molecule has 3 nitrogen and oxygen atoms in total. The van der Waals surface area contributed by atoms with E-state index in [1.54, 1.807) is 7.11 Å². The van der Waals surface area contributed by atoms with E-state index in [-0.39, 0.29) is 12.1 Å². The average molecular weight is 340 g/mol. The van der Waals surface area contributed by atoms with Crippen LogP contribution in [0, 0.1) is 0 Å². The van der Waals surface area contributed by atoms with Crippen LogP contribution in [0.3, 0.4) is 0 Å². The predicted octanol–water partition coefficient (Wildman–Crippen LogP) is 5.88. The van der Waals surface area contributed by atoms with Crippen LogP contribution in [0.25, 0.3) is 11.1 Å². The van der Waals surface area contributed by atoms with E-state index < -0.39 is 0 Å². The standard InChI is InChI=1S/C22H28O3/c1-4-5-6-7-8-17(2)25-22(23)20-11-9-18(10-12-20)19-13-15-21(24-3)16-14-19/h9-17H,4-8H2,1-3H3. The summed E-state index contributed by atoms with van der Waals surface area (Å²) in [7, 11) is 1.65. The molecule has 0 saturated carbocycles. The molecular weight excluding hydrogens is 312 g/mol. The number of methoxy groups -OCH3 is 1. The van der Waals surface area contributed by atoms with Gasteiger partial charge in [0.1, 0.15) is 5.75 Å². The van der Waals surface area contributed by atoms with E-state index in [4.69, 9.17) is 9.47 Å². The Hall–Kier alpha value is -2.29. The summed E-state index contributed by atoms with van der Waals surface area (Å²) in [6.07, 6.45) is 5.66. The van der Waals surface area contributed by atoms with Gasteiger partial charge in [0, 0.05) is 0 Å². The van der Waals surface area contributed by atoms with Crippen molar-refractivity contribution in [3.63, 3.8) is 0 Å². The quantitative estimate of drug-likeness (QED) is 0.422. The van der Waals surface area contributed by atoms with Gasteiger partial charge >= 0.3 is 5.97 Å². The first-order valence-corrected chi connectivity index (χ1v) is 9.09. The zero-order valence-electron chi connectivity index (χ0n) is 15.5. The lowest BCUT2D eigenvalue weighted by molar-refractivity contribution is 0.0319. The van der Waals surface area contributed by atoms with Gasteiger partial charge in [0.05, 0.1) is 18.8 Å². The number of hydrogen-bond acceptors (Lipinski definition) is 3. The molecule has 0 spiro atoms. The highest BCUT2D eigenvalue weighted by Crippen LogP contribution is 2.23. The summed E-state index contributed by atoms with van der Waals surface area (Å²) in [5.41, 5.74) is 2.74. The Kier molecular flexibility index (Phi) is 7.52. The molecule has 1 atom stereocenters. The average Bonchev–Trinajstić information content (AvgIpc) is 2.65. The number of unbranched alkanes of at least 4 members (excludes halogenated alkanes) is 3. The van der Waals surface area contributed by atoms with E-state index in [0.717, 1.165) is 29.7 Å². The van der Waals surface area contributed by atoms with Crippen molar-refractivity contribution in [2.45, 2.75) is 52.1 Å². The molecule has 134 valence electrons. The second kappa shape index (κ2) is 9.87. The van der Waals surface area contributed by atoms with Crippen LogP contribution >= 0.6 is 0 Å². The maximum Gasteiger partial charge on any atom is 0.338 e. The van der Waals surface area contributed by atoms with E-state index in [1.807, 2.05) is 55.5 Å². The van der Waals surface area contributed by atoms with Crippen molar-refractivity contribution in [1.29, 1.82) is 0 Å². The van der Waals surface area contributed by atoms with Crippen LogP contribution in [0.4, 0.5) is 0 Å². The predicted molar refractivity (Wildman–Crippen MR) is 102 cm³/mol. The van der Waals surface area contributed by atoms with E-state index in [0.29, 0.717) is 5.56 Å². The van der Waals surface area contributed by atoms with Crippen LogP contribution in [-0.2, 0) is 4.74 Å². The molecule has 2 rings (SSSR count). The van der Waals surface area contributed by atoms with Crippen LogP contribution in [0.5, 0.6) is 5.75 Å². The van der Waals surface area contributed by atoms with E-state index >= 15 is 0 Å². The van der Waals surface area contributed by atoms with Crippen molar-refractivity contribution >= 4 is 5.97 Å². The Morgan fingerprint density at radius 3 is 2.08 bits per heavy atom. The number of esters is 1. The summed E-state index contributed by atoms with van der Waals surface area (Å²) in [6, 6.07) is 15.4. The topological polar surface area (TPSA) is 35.5 Å². The molecule has 1 unspecified atom stereocenters. The van der Waals surface area contributed by atoms with Crippen LogP contribution in [0.1, 0.15) is 56.3 Å². The second-order valence-corrected chi connectivity index (χ2v) is 6.37. The minimum atomic E-state index is -0.246. The molecule has 0 bridgehead atoms. The maximum absolute atomic E-state index is 12.2. The van der Waals surface area contributed by atoms with Gasteiger partial charge < -0.3 is 9.47 Å². The number of carbonyl (C=O) groups excluding carboxylic acids is 1. The Morgan fingerprint density at radius 2 is 1.52 bits per heavy atom. The summed E-state index contributed by atoms with van der Waals surface area (Å²) in [4.78, 5) is 12.2. The van der Waals surface area contributed by atoms with Gasteiger partial charge in [-0.2, -0.15) is 0 Å². The monoisotopic (exact) mass is 340 g/mol. The first-order chi connectivity index (χ1) is 12.1. The summed E-state index contributed by atoms with van der Waals surface area (Å²) in [5.74, 6) is 0.584. The third-order valence-electron chi connectivity index (χ3n) is 4.32. The molecule has 0 saturated heterocycles. The van der Waals surface area contributed by atoms with Gasteiger partial charge in [0.25, 0.3) is 0 Å². The van der Waals surface area contributed by atoms with E-state index in [9.17, 15) is 4.79 Å². The summed E-state index contributed by atoms with van der Waals surface area (Å²) in [5, 5.41) is 0. The smallest absolute Gasteiger partial charge is 0.338 e. The molecule has 0 amide bonds. The molecule has 0 aromatic heterocycles. The van der Waals surface area contributed by atoms with Crippen LogP contribution in [-0.4, -0.2) is 19.2 Å². The molecule has 0 radical (unpaired) electrons. The Balaban J connectivity index is 1.90. The molecule has 25 heavy (non-hydrogen) atoms. The number of rotatable bonds is 9. The largest absolute Gasteiger partial charge is 0.497 e. The van der Waals surface area contributed by atoms with Gasteiger partial charge in [-0.25, -0.2) is 4.79 Å². The SMILES string of the molecule is CCCCCCC(C)OC(=O)c1ccc(-c2ccc(OC)cc2)cc1. The molecule has 2 aromatic rings. The van der Waals surface area contributed by atoms with Crippen molar-refractivity contribution in [2.75, 3.05) is 7.11 Å². The summed E-state index contributed by atoms with van der Waals surface area (Å²) < 4.78 is 10.7. The molecule has 0 aliphatic heterocycles. The fraction of sp³-hybridized carbons (Fsp3) is 0.409. The Morgan fingerprint density at radius 1 is 0.920 bits per heavy atom. The Bertz CT molecular complexity index is 644. The number of benzene rings is 2. The van der Waals surface area contributed by atoms with Crippen molar-refractivity contribution < 1.29 is 14.3 Å². The number of carbonyl (C=O) groups is 1. The van der Waals surface area contributed by atoms with Gasteiger partial charge in [-0.3, -0.25) is 0 Å². The third kappa shape index (κ3) is 5.93. The molecule has 0 aliphatic carbocycles. The van der Waals surface area contributed by atoms with Crippen LogP contribution < -0.4 is 4.74 Å². The van der Waals surface area contributed by atoms with Gasteiger partial charge in [0.15, 0.2) is 0 Å². The number of hydrogen-bond donors (Lipinski definition) is 0. The lowest BCUT2D eigenvalue weighted by atomic mass is 10.0. The highest BCUT2D eigenvalue weighted by atomic mass is 16.5. The van der Waals surface area contributed by atoms with Crippen molar-refractivity contribution in [3.8, 4) is 16.9 Å². The van der Waals surface area contributed by atoms with Gasteiger partial charge in [-0.15, -0.1) is 0 Å². The molecule has 2 aromatic carbocycles. The fourth-order valence-electron chi connectivity index (χ4n) is 2.75. The molecular formula is C22H28O3. The zero-order chi connectivity index (χ0) is 18.1. The molecule has 0 aliphatic rings. The normalized spacial score (nSPS) is 11.8. The minimum Gasteiger partial charge on any atom is -0.497 e. The van der Waals surface area contributed by atoms with Crippen molar-refractivity contribution in [3.05, 3.63) is 54.1 Å².